The predicted molar refractivity (Wildman–Crippen MR) is 71.2 cm³/mol. The van der Waals surface area contributed by atoms with Crippen molar-refractivity contribution in [2.45, 2.75) is 19.0 Å². The first-order valence-electron chi connectivity index (χ1n) is 6.34. The van der Waals surface area contributed by atoms with Crippen molar-refractivity contribution in [1.82, 2.24) is 5.32 Å². The molecule has 0 fully saturated rings. The quantitative estimate of drug-likeness (QED) is 0.811. The first-order valence-corrected chi connectivity index (χ1v) is 6.34. The van der Waals surface area contributed by atoms with Crippen LogP contribution in [-0.2, 0) is 6.54 Å². The van der Waals surface area contributed by atoms with Crippen molar-refractivity contribution >= 4 is 11.0 Å². The first kappa shape index (κ1) is 11.5. The van der Waals surface area contributed by atoms with Gasteiger partial charge in [0.1, 0.15) is 5.58 Å². The summed E-state index contributed by atoms with van der Waals surface area (Å²) >= 11 is 0. The number of rotatable bonds is 4. The number of aliphatic hydroxyl groups is 1. The molecule has 3 heteroatoms. The molecule has 1 aliphatic carbocycles. The van der Waals surface area contributed by atoms with Crippen LogP contribution in [0.3, 0.4) is 0 Å². The molecule has 1 aromatic carbocycles. The van der Waals surface area contributed by atoms with Crippen LogP contribution in [0.15, 0.2) is 47.1 Å². The molecule has 1 aromatic heterocycles. The Bertz CT molecular complexity index is 558. The average molecular weight is 243 g/mol. The van der Waals surface area contributed by atoms with Gasteiger partial charge in [0.2, 0.25) is 0 Å². The zero-order valence-electron chi connectivity index (χ0n) is 10.2. The molecule has 94 valence electrons. The fourth-order valence-corrected chi connectivity index (χ4v) is 2.47. The summed E-state index contributed by atoms with van der Waals surface area (Å²) in [5.74, 6) is 0.309. The highest BCUT2D eigenvalue weighted by Crippen LogP contribution is 2.22. The van der Waals surface area contributed by atoms with E-state index in [2.05, 4.69) is 23.5 Å². The van der Waals surface area contributed by atoms with Crippen molar-refractivity contribution in [2.24, 2.45) is 5.92 Å². The lowest BCUT2D eigenvalue weighted by Crippen LogP contribution is -2.25. The predicted octanol–water partition coefficient (Wildman–Crippen LogP) is 2.46. The van der Waals surface area contributed by atoms with Gasteiger partial charge in [-0.1, -0.05) is 30.4 Å². The zero-order chi connectivity index (χ0) is 12.4. The summed E-state index contributed by atoms with van der Waals surface area (Å²) in [6.07, 6.45) is 7.03. The summed E-state index contributed by atoms with van der Waals surface area (Å²) in [7, 11) is 0. The number of fused-ring (bicyclic) bond motifs is 1. The summed E-state index contributed by atoms with van der Waals surface area (Å²) in [6, 6.07) is 8.43. The number of aliphatic hydroxyl groups excluding tert-OH is 1. The van der Waals surface area contributed by atoms with Gasteiger partial charge in [-0.2, -0.15) is 0 Å². The molecule has 3 rings (SSSR count). The van der Waals surface area contributed by atoms with Crippen molar-refractivity contribution in [2.75, 3.05) is 6.61 Å². The highest BCUT2D eigenvalue weighted by atomic mass is 16.3. The lowest BCUT2D eigenvalue weighted by atomic mass is 10.1. The molecule has 1 aliphatic rings. The molecule has 2 aromatic rings. The Balaban J connectivity index is 1.65. The molecule has 2 N–H and O–H groups in total. The minimum Gasteiger partial charge on any atom is -0.464 e. The van der Waals surface area contributed by atoms with Crippen LogP contribution >= 0.6 is 0 Å². The van der Waals surface area contributed by atoms with E-state index in [0.29, 0.717) is 12.0 Å². The Morgan fingerprint density at radius 3 is 3.00 bits per heavy atom. The molecule has 0 aliphatic heterocycles. The van der Waals surface area contributed by atoms with E-state index in [9.17, 15) is 0 Å². The van der Waals surface area contributed by atoms with Crippen LogP contribution in [0, 0.1) is 5.92 Å². The van der Waals surface area contributed by atoms with E-state index in [-0.39, 0.29) is 6.61 Å². The largest absolute Gasteiger partial charge is 0.464 e. The average Bonchev–Trinajstić information content (AvgIpc) is 3.03. The van der Waals surface area contributed by atoms with Gasteiger partial charge in [-0.3, -0.25) is 0 Å². The van der Waals surface area contributed by atoms with Gasteiger partial charge < -0.3 is 14.8 Å². The molecule has 1 heterocycles. The molecule has 0 saturated heterocycles. The maximum absolute atomic E-state index is 9.08. The monoisotopic (exact) mass is 243 g/mol. The maximum Gasteiger partial charge on any atom is 0.134 e. The van der Waals surface area contributed by atoms with Gasteiger partial charge >= 0.3 is 0 Å². The summed E-state index contributed by atoms with van der Waals surface area (Å²) < 4.78 is 5.51. The van der Waals surface area contributed by atoms with Crippen LogP contribution in [-0.4, -0.2) is 17.8 Å². The van der Waals surface area contributed by atoms with E-state index in [1.165, 1.54) is 10.9 Å². The third kappa shape index (κ3) is 2.19. The van der Waals surface area contributed by atoms with Gasteiger partial charge in [0.15, 0.2) is 0 Å². The molecule has 0 spiro atoms. The smallest absolute Gasteiger partial charge is 0.134 e. The van der Waals surface area contributed by atoms with E-state index in [1.807, 2.05) is 24.5 Å². The second-order valence-electron chi connectivity index (χ2n) is 4.81. The summed E-state index contributed by atoms with van der Waals surface area (Å²) in [5.41, 5.74) is 2.12. The normalized spacial score (nSPS) is 22.9. The van der Waals surface area contributed by atoms with E-state index >= 15 is 0 Å². The van der Waals surface area contributed by atoms with Gasteiger partial charge in [0.25, 0.3) is 0 Å². The Kier molecular flexibility index (Phi) is 3.17. The second kappa shape index (κ2) is 4.96. The van der Waals surface area contributed by atoms with Crippen molar-refractivity contribution in [3.05, 3.63) is 48.2 Å². The maximum atomic E-state index is 9.08. The Hall–Kier alpha value is -1.58. The van der Waals surface area contributed by atoms with E-state index < -0.39 is 0 Å². The minimum absolute atomic E-state index is 0.239. The Morgan fingerprint density at radius 1 is 1.28 bits per heavy atom. The lowest BCUT2D eigenvalue weighted by Gasteiger charge is -2.11. The molecule has 0 unspecified atom stereocenters. The number of para-hydroxylation sites is 1. The first-order chi connectivity index (χ1) is 8.86. The number of benzene rings is 1. The summed E-state index contributed by atoms with van der Waals surface area (Å²) in [5, 5.41) is 13.7. The molecule has 0 bridgehead atoms. The molecule has 0 amide bonds. The highest BCUT2D eigenvalue weighted by molar-refractivity contribution is 5.80. The van der Waals surface area contributed by atoms with E-state index in [1.54, 1.807) is 0 Å². The van der Waals surface area contributed by atoms with Gasteiger partial charge in [-0.25, -0.2) is 0 Å². The highest BCUT2D eigenvalue weighted by Gasteiger charge is 2.17. The minimum atomic E-state index is 0.239. The standard InChI is InChI=1S/C15H17NO2/c17-9-11-5-6-13(7-11)16-8-12-10-18-15-4-2-1-3-14(12)15/h1-6,10-11,13,16-17H,7-9H2/t11-,13+/m0/s1. The van der Waals surface area contributed by atoms with Gasteiger partial charge in [0, 0.05) is 36.1 Å². The van der Waals surface area contributed by atoms with Crippen LogP contribution in [0.25, 0.3) is 11.0 Å². The van der Waals surface area contributed by atoms with Gasteiger partial charge in [-0.05, 0) is 12.5 Å². The van der Waals surface area contributed by atoms with Crippen LogP contribution in [0.1, 0.15) is 12.0 Å². The second-order valence-corrected chi connectivity index (χ2v) is 4.81. The van der Waals surface area contributed by atoms with Gasteiger partial charge in [0.05, 0.1) is 6.26 Å². The van der Waals surface area contributed by atoms with Crippen molar-refractivity contribution in [3.63, 3.8) is 0 Å². The lowest BCUT2D eigenvalue weighted by molar-refractivity contribution is 0.246. The van der Waals surface area contributed by atoms with Crippen LogP contribution in [0.5, 0.6) is 0 Å². The third-order valence-corrected chi connectivity index (χ3v) is 3.52. The van der Waals surface area contributed by atoms with E-state index in [0.717, 1.165) is 18.5 Å². The van der Waals surface area contributed by atoms with E-state index in [4.69, 9.17) is 9.52 Å². The fraction of sp³-hybridized carbons (Fsp3) is 0.333. The molecule has 2 atom stereocenters. The molecule has 3 nitrogen and oxygen atoms in total. The molecule has 0 radical (unpaired) electrons. The molecule has 0 saturated carbocycles. The number of hydrogen-bond donors (Lipinski definition) is 2. The molecule has 18 heavy (non-hydrogen) atoms. The SMILES string of the molecule is OC[C@H]1C=C[C@@H](NCc2coc3ccccc23)C1. The summed E-state index contributed by atoms with van der Waals surface area (Å²) in [4.78, 5) is 0. The third-order valence-electron chi connectivity index (χ3n) is 3.52. The molecular formula is C15H17NO2. The Labute approximate surface area is 106 Å². The van der Waals surface area contributed by atoms with Crippen molar-refractivity contribution < 1.29 is 9.52 Å². The zero-order valence-corrected chi connectivity index (χ0v) is 10.2. The fourth-order valence-electron chi connectivity index (χ4n) is 2.47. The number of hydrogen-bond acceptors (Lipinski definition) is 3. The topological polar surface area (TPSA) is 45.4 Å². The van der Waals surface area contributed by atoms with Crippen LogP contribution in [0.2, 0.25) is 0 Å². The number of furan rings is 1. The van der Waals surface area contributed by atoms with Crippen LogP contribution in [0.4, 0.5) is 0 Å². The summed E-state index contributed by atoms with van der Waals surface area (Å²) in [6.45, 7) is 1.04. The number of nitrogens with one attached hydrogen (secondary N) is 1. The van der Waals surface area contributed by atoms with Gasteiger partial charge in [-0.15, -0.1) is 0 Å². The van der Waals surface area contributed by atoms with Crippen molar-refractivity contribution in [3.8, 4) is 0 Å². The van der Waals surface area contributed by atoms with Crippen LogP contribution < -0.4 is 5.32 Å². The van der Waals surface area contributed by atoms with Crippen molar-refractivity contribution in [1.29, 1.82) is 0 Å². The molecular weight excluding hydrogens is 226 g/mol. The Morgan fingerprint density at radius 2 is 2.17 bits per heavy atom.